The van der Waals surface area contributed by atoms with E-state index < -0.39 is 5.60 Å². The minimum Gasteiger partial charge on any atom is -0.456 e. The summed E-state index contributed by atoms with van der Waals surface area (Å²) < 4.78 is 13.0. The lowest BCUT2D eigenvalue weighted by Crippen LogP contribution is -2.33. The molecule has 0 aliphatic carbocycles. The van der Waals surface area contributed by atoms with Crippen molar-refractivity contribution in [3.05, 3.63) is 113 Å². The number of unbranched alkanes of at least 4 members (excludes halogenated alkanes) is 5. The van der Waals surface area contributed by atoms with Crippen molar-refractivity contribution in [2.45, 2.75) is 58.0 Å². The molecular formula is C38H40N2O4. The molecule has 0 bridgehead atoms. The summed E-state index contributed by atoms with van der Waals surface area (Å²) in [5.74, 6) is 1.03. The van der Waals surface area contributed by atoms with Gasteiger partial charge in [-0.05, 0) is 74.0 Å². The van der Waals surface area contributed by atoms with Gasteiger partial charge in [0.1, 0.15) is 11.5 Å². The van der Waals surface area contributed by atoms with Crippen molar-refractivity contribution in [2.24, 2.45) is 0 Å². The van der Waals surface area contributed by atoms with Gasteiger partial charge in [0.2, 0.25) is 0 Å². The number of nitrogens with zero attached hydrogens (tertiary/aromatic N) is 2. The van der Waals surface area contributed by atoms with Crippen LogP contribution < -0.4 is 14.5 Å². The number of hydrogen-bond acceptors (Lipinski definition) is 6. The predicted molar refractivity (Wildman–Crippen MR) is 176 cm³/mol. The third kappa shape index (κ3) is 5.23. The molecule has 0 saturated carbocycles. The first-order valence-corrected chi connectivity index (χ1v) is 15.7. The highest BCUT2D eigenvalue weighted by Gasteiger charge is 2.53. The minimum atomic E-state index is -1.14. The number of esters is 1. The Morgan fingerprint density at radius 3 is 2.18 bits per heavy atom. The molecule has 226 valence electrons. The summed E-state index contributed by atoms with van der Waals surface area (Å²) >= 11 is 0. The van der Waals surface area contributed by atoms with Crippen LogP contribution in [0.5, 0.6) is 11.5 Å². The fourth-order valence-electron chi connectivity index (χ4n) is 6.43. The molecule has 44 heavy (non-hydrogen) atoms. The highest BCUT2D eigenvalue weighted by atomic mass is 16.6. The Bertz CT molecular complexity index is 1690. The number of Topliss-reactive ketones (excluding diaryl/α,β-unsaturated/α-hetero) is 1. The Morgan fingerprint density at radius 1 is 0.727 bits per heavy atom. The monoisotopic (exact) mass is 588 g/mol. The molecule has 4 aromatic rings. The molecule has 0 fully saturated rings. The molecule has 6 rings (SSSR count). The van der Waals surface area contributed by atoms with Crippen LogP contribution in [-0.4, -0.2) is 32.4 Å². The van der Waals surface area contributed by atoms with Crippen LogP contribution in [0.2, 0.25) is 0 Å². The van der Waals surface area contributed by atoms with Crippen LogP contribution in [0.3, 0.4) is 0 Å². The molecule has 2 aliphatic heterocycles. The van der Waals surface area contributed by atoms with Gasteiger partial charge in [-0.2, -0.15) is 0 Å². The van der Waals surface area contributed by atoms with Crippen LogP contribution in [-0.2, 0) is 10.3 Å². The van der Waals surface area contributed by atoms with E-state index in [1.807, 2.05) is 91.8 Å². The lowest BCUT2D eigenvalue weighted by Gasteiger charge is -2.38. The summed E-state index contributed by atoms with van der Waals surface area (Å²) in [6.45, 7) is 4.64. The molecule has 0 radical (unpaired) electrons. The Morgan fingerprint density at radius 2 is 1.43 bits per heavy atom. The number of carbonyl (C=O) groups excluding carboxylic acids is 2. The summed E-state index contributed by atoms with van der Waals surface area (Å²) in [6, 6.07) is 27.7. The maximum absolute atomic E-state index is 13.4. The Kier molecular flexibility index (Phi) is 8.17. The summed E-state index contributed by atoms with van der Waals surface area (Å²) in [5, 5.41) is 0. The van der Waals surface area contributed by atoms with Gasteiger partial charge in [0, 0.05) is 66.0 Å². The molecule has 6 nitrogen and oxygen atoms in total. The fraction of sp³-hybridized carbons (Fsp3) is 0.316. The zero-order chi connectivity index (χ0) is 30.8. The minimum absolute atomic E-state index is 0.0460. The molecule has 1 unspecified atom stereocenters. The lowest BCUT2D eigenvalue weighted by atomic mass is 9.77. The summed E-state index contributed by atoms with van der Waals surface area (Å²) in [4.78, 5) is 29.7. The second kappa shape index (κ2) is 12.2. The number of ether oxygens (including phenoxy) is 2. The van der Waals surface area contributed by atoms with Gasteiger partial charge in [0.25, 0.3) is 0 Å². The highest BCUT2D eigenvalue weighted by Crippen LogP contribution is 2.57. The fourth-order valence-corrected chi connectivity index (χ4v) is 6.43. The number of rotatable bonds is 11. The van der Waals surface area contributed by atoms with Crippen molar-refractivity contribution in [1.29, 1.82) is 0 Å². The number of ketones is 1. The number of carbonyl (C=O) groups is 2. The summed E-state index contributed by atoms with van der Waals surface area (Å²) in [7, 11) is 3.99. The Labute approximate surface area is 260 Å². The number of fused-ring (bicyclic) bond motifs is 6. The normalized spacial score (nSPS) is 16.0. The van der Waals surface area contributed by atoms with Crippen LogP contribution in [0.25, 0.3) is 0 Å². The molecule has 2 aliphatic rings. The van der Waals surface area contributed by atoms with Gasteiger partial charge in [-0.25, -0.2) is 4.79 Å². The van der Waals surface area contributed by atoms with Crippen molar-refractivity contribution in [1.82, 2.24) is 0 Å². The second-order valence-corrected chi connectivity index (χ2v) is 12.0. The smallest absolute Gasteiger partial charge is 0.340 e. The maximum Gasteiger partial charge on any atom is 0.340 e. The quantitative estimate of drug-likeness (QED) is 0.0990. The van der Waals surface area contributed by atoms with Gasteiger partial charge >= 0.3 is 5.97 Å². The number of anilines is 3. The molecule has 6 heteroatoms. The summed E-state index contributed by atoms with van der Waals surface area (Å²) in [5.41, 5.74) is 5.52. The largest absolute Gasteiger partial charge is 0.456 e. The predicted octanol–water partition coefficient (Wildman–Crippen LogP) is 9.02. The van der Waals surface area contributed by atoms with Gasteiger partial charge in [-0.3, -0.25) is 4.79 Å². The zero-order valence-corrected chi connectivity index (χ0v) is 26.1. The van der Waals surface area contributed by atoms with E-state index >= 15 is 0 Å². The first-order chi connectivity index (χ1) is 21.3. The molecule has 4 aromatic carbocycles. The first-order valence-electron chi connectivity index (χ1n) is 15.7. The topological polar surface area (TPSA) is 59.1 Å². The van der Waals surface area contributed by atoms with Crippen molar-refractivity contribution >= 4 is 28.8 Å². The standard InChI is InChI=1S/C38H40N2O4/c1-5-6-7-8-9-12-23-40(28-17-15-27(16-18-28)26(2)41)30-20-22-35-34(24-30)38(32-14-11-10-13-31(32)37(42)44-38)33-21-19-29(39(3)4)25-36(33)43-35/h10-11,13-22,24-25H,5-9,12,23H2,1-4H3. The SMILES string of the molecule is CCCCCCCCN(c1ccc(C(C)=O)cc1)c1ccc2c(c1)C1(OC(=O)c3ccccc31)c1ccc(N(C)C)cc1O2. The van der Waals surface area contributed by atoms with E-state index in [9.17, 15) is 9.59 Å². The van der Waals surface area contributed by atoms with Crippen molar-refractivity contribution in [2.75, 3.05) is 30.4 Å². The Balaban J connectivity index is 1.46. The van der Waals surface area contributed by atoms with E-state index in [2.05, 4.69) is 24.0 Å². The second-order valence-electron chi connectivity index (χ2n) is 12.0. The van der Waals surface area contributed by atoms with E-state index in [0.29, 0.717) is 22.6 Å². The van der Waals surface area contributed by atoms with Gasteiger partial charge in [-0.1, -0.05) is 57.2 Å². The van der Waals surface area contributed by atoms with E-state index in [0.717, 1.165) is 53.1 Å². The van der Waals surface area contributed by atoms with Crippen LogP contribution in [0.1, 0.15) is 89.8 Å². The number of hydrogen-bond donors (Lipinski definition) is 0. The van der Waals surface area contributed by atoms with Crippen LogP contribution >= 0.6 is 0 Å². The van der Waals surface area contributed by atoms with Crippen molar-refractivity contribution in [3.63, 3.8) is 0 Å². The molecule has 0 N–H and O–H groups in total. The average Bonchev–Trinajstić information content (AvgIpc) is 3.33. The molecule has 0 saturated heterocycles. The van der Waals surface area contributed by atoms with Crippen molar-refractivity contribution in [3.8, 4) is 11.5 Å². The first kappa shape index (κ1) is 29.5. The van der Waals surface area contributed by atoms with E-state index in [1.54, 1.807) is 6.92 Å². The molecule has 0 amide bonds. The van der Waals surface area contributed by atoms with Gasteiger partial charge < -0.3 is 19.3 Å². The van der Waals surface area contributed by atoms with E-state index in [1.165, 1.54) is 25.7 Å². The van der Waals surface area contributed by atoms with Crippen LogP contribution in [0.15, 0.2) is 84.9 Å². The molecule has 1 atom stereocenters. The summed E-state index contributed by atoms with van der Waals surface area (Å²) in [6.07, 6.45) is 7.13. The van der Waals surface area contributed by atoms with Gasteiger partial charge in [-0.15, -0.1) is 0 Å². The van der Waals surface area contributed by atoms with Crippen LogP contribution in [0.4, 0.5) is 17.1 Å². The Hall–Kier alpha value is -4.58. The average molecular weight is 589 g/mol. The maximum atomic E-state index is 13.4. The van der Waals surface area contributed by atoms with E-state index in [-0.39, 0.29) is 11.8 Å². The van der Waals surface area contributed by atoms with Gasteiger partial charge in [0.05, 0.1) is 5.56 Å². The van der Waals surface area contributed by atoms with E-state index in [4.69, 9.17) is 9.47 Å². The molecule has 0 aromatic heterocycles. The van der Waals surface area contributed by atoms with Crippen LogP contribution in [0, 0.1) is 0 Å². The highest BCUT2D eigenvalue weighted by molar-refractivity contribution is 5.97. The zero-order valence-electron chi connectivity index (χ0n) is 26.1. The van der Waals surface area contributed by atoms with Crippen molar-refractivity contribution < 1.29 is 19.1 Å². The molecule has 2 heterocycles. The third-order valence-electron chi connectivity index (χ3n) is 8.83. The third-order valence-corrected chi connectivity index (χ3v) is 8.83. The lowest BCUT2D eigenvalue weighted by molar-refractivity contribution is 0.0224. The molecule has 1 spiro atoms. The van der Waals surface area contributed by atoms with Gasteiger partial charge in [0.15, 0.2) is 11.4 Å². The molecular weight excluding hydrogens is 548 g/mol. The number of benzene rings is 4.